The highest BCUT2D eigenvalue weighted by molar-refractivity contribution is 5.87. The van der Waals surface area contributed by atoms with Crippen molar-refractivity contribution in [1.29, 1.82) is 0 Å². The number of aliphatic hydroxyl groups is 1. The van der Waals surface area contributed by atoms with Gasteiger partial charge in [-0.2, -0.15) is 0 Å². The molecule has 1 N–H and O–H groups in total. The predicted molar refractivity (Wildman–Crippen MR) is 98.3 cm³/mol. The summed E-state index contributed by atoms with van der Waals surface area (Å²) in [6.45, 7) is 10.3. The Balaban J connectivity index is 2.13. The third-order valence-electron chi connectivity index (χ3n) is 4.53. The van der Waals surface area contributed by atoms with Crippen LogP contribution in [0.2, 0.25) is 0 Å². The van der Waals surface area contributed by atoms with Gasteiger partial charge in [0.05, 0.1) is 12.6 Å². The van der Waals surface area contributed by atoms with Gasteiger partial charge in [0, 0.05) is 31.3 Å². The van der Waals surface area contributed by atoms with E-state index < -0.39 is 0 Å². The van der Waals surface area contributed by atoms with Gasteiger partial charge in [-0.25, -0.2) is 14.6 Å². The maximum Gasteiger partial charge on any atom is 0.184 e. The third-order valence-corrected chi connectivity index (χ3v) is 4.53. The third kappa shape index (κ3) is 3.49. The van der Waals surface area contributed by atoms with Crippen LogP contribution in [0, 0.1) is 0 Å². The van der Waals surface area contributed by atoms with Crippen molar-refractivity contribution in [3.05, 3.63) is 5.82 Å². The topological polar surface area (TPSA) is 92.3 Å². The second-order valence-electron chi connectivity index (χ2n) is 7.57. The molecule has 8 nitrogen and oxygen atoms in total. The van der Waals surface area contributed by atoms with E-state index in [4.69, 9.17) is 9.97 Å². The Morgan fingerprint density at radius 3 is 2.64 bits per heavy atom. The fourth-order valence-corrected chi connectivity index (χ4v) is 2.95. The molecule has 1 saturated heterocycles. The van der Waals surface area contributed by atoms with Crippen LogP contribution in [0.3, 0.4) is 0 Å². The summed E-state index contributed by atoms with van der Waals surface area (Å²) in [5.74, 6) is 1.52. The van der Waals surface area contributed by atoms with Gasteiger partial charge in [0.1, 0.15) is 5.82 Å². The summed E-state index contributed by atoms with van der Waals surface area (Å²) in [5.41, 5.74) is 2.27. The molecule has 8 heteroatoms. The van der Waals surface area contributed by atoms with Crippen molar-refractivity contribution in [3.8, 4) is 0 Å². The fourth-order valence-electron chi connectivity index (χ4n) is 2.95. The van der Waals surface area contributed by atoms with Crippen molar-refractivity contribution in [2.75, 3.05) is 25.0 Å². The van der Waals surface area contributed by atoms with Crippen LogP contribution in [0.5, 0.6) is 0 Å². The maximum atomic E-state index is 9.91. The largest absolute Gasteiger partial charge is 0.391 e. The fraction of sp³-hybridized carbons (Fsp3) is 0.706. The summed E-state index contributed by atoms with van der Waals surface area (Å²) >= 11 is 0. The highest BCUT2D eigenvalue weighted by atomic mass is 16.3. The van der Waals surface area contributed by atoms with Crippen molar-refractivity contribution in [1.82, 2.24) is 25.0 Å². The average molecular weight is 345 g/mol. The van der Waals surface area contributed by atoms with Gasteiger partial charge in [0.25, 0.3) is 0 Å². The minimum absolute atomic E-state index is 0.192. The highest BCUT2D eigenvalue weighted by Crippen LogP contribution is 2.29. The van der Waals surface area contributed by atoms with E-state index in [1.54, 1.807) is 11.7 Å². The SMILES string of the molecule is CCC(Cn1nnc2c(N3CCC(O)C3)nc(C(C)(C)C)nc21)=NC. The van der Waals surface area contributed by atoms with Gasteiger partial charge in [0.15, 0.2) is 17.0 Å². The summed E-state index contributed by atoms with van der Waals surface area (Å²) in [4.78, 5) is 15.9. The molecule has 0 aliphatic carbocycles. The molecule has 3 rings (SSSR count). The molecule has 136 valence electrons. The molecule has 1 atom stereocenters. The number of aliphatic imine (C=N–C) groups is 1. The van der Waals surface area contributed by atoms with Gasteiger partial charge in [-0.15, -0.1) is 5.10 Å². The molecular formula is C17H27N7O. The first kappa shape index (κ1) is 17.7. The van der Waals surface area contributed by atoms with E-state index in [2.05, 4.69) is 47.9 Å². The number of hydrogen-bond donors (Lipinski definition) is 1. The predicted octanol–water partition coefficient (Wildman–Crippen LogP) is 1.57. The van der Waals surface area contributed by atoms with Crippen molar-refractivity contribution in [3.63, 3.8) is 0 Å². The lowest BCUT2D eigenvalue weighted by molar-refractivity contribution is 0.198. The second-order valence-corrected chi connectivity index (χ2v) is 7.57. The number of rotatable bonds is 4. The number of anilines is 1. The van der Waals surface area contributed by atoms with Crippen LogP contribution in [0.15, 0.2) is 4.99 Å². The maximum absolute atomic E-state index is 9.91. The van der Waals surface area contributed by atoms with E-state index in [0.717, 1.165) is 42.4 Å². The summed E-state index contributed by atoms with van der Waals surface area (Å²) < 4.78 is 1.80. The number of aromatic nitrogens is 5. The van der Waals surface area contributed by atoms with Crippen LogP contribution in [0.4, 0.5) is 5.82 Å². The number of fused-ring (bicyclic) bond motifs is 1. The Hall–Kier alpha value is -2.09. The molecule has 2 aromatic rings. The van der Waals surface area contributed by atoms with Gasteiger partial charge in [-0.3, -0.25) is 4.99 Å². The standard InChI is InChI=1S/C17H27N7O/c1-6-11(18-5)9-24-15-13(21-22-24)14(23-8-7-12(25)10-23)19-16(20-15)17(2,3)4/h12,25H,6-10H2,1-5H3. The molecular weight excluding hydrogens is 318 g/mol. The zero-order valence-corrected chi connectivity index (χ0v) is 15.7. The van der Waals surface area contributed by atoms with Crippen molar-refractivity contribution in [2.24, 2.45) is 4.99 Å². The molecule has 1 aliphatic heterocycles. The van der Waals surface area contributed by atoms with E-state index in [1.807, 2.05) is 0 Å². The van der Waals surface area contributed by atoms with Gasteiger partial charge < -0.3 is 10.0 Å². The summed E-state index contributed by atoms with van der Waals surface area (Å²) in [6.07, 6.45) is 1.28. The summed E-state index contributed by atoms with van der Waals surface area (Å²) in [6, 6.07) is 0. The van der Waals surface area contributed by atoms with Gasteiger partial charge >= 0.3 is 0 Å². The smallest absolute Gasteiger partial charge is 0.184 e. The van der Waals surface area contributed by atoms with E-state index >= 15 is 0 Å². The molecule has 0 bridgehead atoms. The van der Waals surface area contributed by atoms with Crippen LogP contribution in [-0.2, 0) is 12.0 Å². The molecule has 0 aromatic carbocycles. The molecule has 0 saturated carbocycles. The summed E-state index contributed by atoms with van der Waals surface area (Å²) in [7, 11) is 1.80. The Labute approximate surface area is 148 Å². The first-order valence-electron chi connectivity index (χ1n) is 8.82. The average Bonchev–Trinajstić information content (AvgIpc) is 3.17. The normalized spacial score (nSPS) is 19.2. The molecule has 0 amide bonds. The van der Waals surface area contributed by atoms with E-state index in [-0.39, 0.29) is 11.5 Å². The molecule has 0 radical (unpaired) electrons. The molecule has 3 heterocycles. The summed E-state index contributed by atoms with van der Waals surface area (Å²) in [5, 5.41) is 18.6. The Bertz CT molecular complexity index is 790. The van der Waals surface area contributed by atoms with E-state index in [1.165, 1.54) is 0 Å². The van der Waals surface area contributed by atoms with Gasteiger partial charge in [-0.1, -0.05) is 32.9 Å². The Morgan fingerprint density at radius 1 is 1.32 bits per heavy atom. The number of aliphatic hydroxyl groups excluding tert-OH is 1. The lowest BCUT2D eigenvalue weighted by atomic mass is 9.96. The van der Waals surface area contributed by atoms with Gasteiger partial charge in [-0.05, 0) is 12.8 Å². The van der Waals surface area contributed by atoms with Crippen LogP contribution >= 0.6 is 0 Å². The van der Waals surface area contributed by atoms with Crippen molar-refractivity contribution >= 4 is 22.7 Å². The first-order chi connectivity index (χ1) is 11.8. The Morgan fingerprint density at radius 2 is 2.08 bits per heavy atom. The van der Waals surface area contributed by atoms with Crippen LogP contribution < -0.4 is 4.90 Å². The molecule has 1 fully saturated rings. The first-order valence-corrected chi connectivity index (χ1v) is 8.82. The van der Waals surface area contributed by atoms with Gasteiger partial charge in [0.2, 0.25) is 0 Å². The van der Waals surface area contributed by atoms with E-state index in [0.29, 0.717) is 18.6 Å². The Kier molecular flexibility index (Phi) is 4.73. The lowest BCUT2D eigenvalue weighted by Gasteiger charge is -2.22. The zero-order chi connectivity index (χ0) is 18.2. The van der Waals surface area contributed by atoms with Crippen LogP contribution in [0.25, 0.3) is 11.2 Å². The van der Waals surface area contributed by atoms with Crippen molar-refractivity contribution in [2.45, 2.75) is 58.6 Å². The van der Waals surface area contributed by atoms with Crippen molar-refractivity contribution < 1.29 is 5.11 Å². The monoisotopic (exact) mass is 345 g/mol. The molecule has 25 heavy (non-hydrogen) atoms. The lowest BCUT2D eigenvalue weighted by Crippen LogP contribution is -2.25. The minimum atomic E-state index is -0.322. The van der Waals surface area contributed by atoms with Crippen LogP contribution in [0.1, 0.15) is 46.4 Å². The molecule has 1 unspecified atom stereocenters. The quantitative estimate of drug-likeness (QED) is 0.846. The molecule has 1 aliphatic rings. The molecule has 2 aromatic heterocycles. The molecule has 0 spiro atoms. The number of β-amino-alcohol motifs (C(OH)–C–C–N with tert-alkyl or cyclic N) is 1. The second kappa shape index (κ2) is 6.67. The van der Waals surface area contributed by atoms with Crippen LogP contribution in [-0.4, -0.2) is 62.0 Å². The van der Waals surface area contributed by atoms with E-state index in [9.17, 15) is 5.11 Å². The zero-order valence-electron chi connectivity index (χ0n) is 15.7. The highest BCUT2D eigenvalue weighted by Gasteiger charge is 2.28. The number of nitrogens with zero attached hydrogens (tertiary/aromatic N) is 7. The number of hydrogen-bond acceptors (Lipinski definition) is 7. The minimum Gasteiger partial charge on any atom is -0.391 e.